The summed E-state index contributed by atoms with van der Waals surface area (Å²) < 4.78 is 6.02. The van der Waals surface area contributed by atoms with Crippen molar-refractivity contribution in [3.63, 3.8) is 0 Å². The van der Waals surface area contributed by atoms with Crippen LogP contribution in [0.3, 0.4) is 0 Å². The monoisotopic (exact) mass is 509 g/mol. The smallest absolute Gasteiger partial charge is 0.181 e. The summed E-state index contributed by atoms with van der Waals surface area (Å²) in [6.45, 7) is 6.06. The zero-order valence-corrected chi connectivity index (χ0v) is 21.4. The van der Waals surface area contributed by atoms with Crippen LogP contribution >= 0.6 is 0 Å². The van der Waals surface area contributed by atoms with E-state index >= 15 is 0 Å². The summed E-state index contributed by atoms with van der Waals surface area (Å²) in [4.78, 5) is 26.8. The summed E-state index contributed by atoms with van der Waals surface area (Å²) in [5, 5.41) is 8.47. The molecule has 10 heteroatoms. The Kier molecular flexibility index (Phi) is 6.09. The first-order valence-electron chi connectivity index (χ1n) is 13.6. The number of H-pyrrole nitrogens is 2. The SMILES string of the molecule is c1cc(N2CCCCC2)c2[nH]c(-c3[nH]nc4ncc(-c5cncc(OCCN6CCCC6)c5)cc34)nc2n1. The van der Waals surface area contributed by atoms with Crippen molar-refractivity contribution in [1.82, 2.24) is 40.0 Å². The molecule has 2 aliphatic heterocycles. The molecule has 0 radical (unpaired) electrons. The highest BCUT2D eigenvalue weighted by molar-refractivity contribution is 5.95. The lowest BCUT2D eigenvalue weighted by atomic mass is 10.1. The fraction of sp³-hybridized carbons (Fsp3) is 0.393. The maximum absolute atomic E-state index is 6.02. The topological polar surface area (TPSA) is 112 Å². The predicted octanol–water partition coefficient (Wildman–Crippen LogP) is 4.42. The van der Waals surface area contributed by atoms with E-state index < -0.39 is 0 Å². The Balaban J connectivity index is 1.18. The average Bonchev–Trinajstić information content (AvgIpc) is 3.73. The van der Waals surface area contributed by atoms with Crippen LogP contribution in [0.2, 0.25) is 0 Å². The summed E-state index contributed by atoms with van der Waals surface area (Å²) >= 11 is 0. The Morgan fingerprint density at radius 1 is 0.868 bits per heavy atom. The molecule has 0 atom stereocenters. The van der Waals surface area contributed by atoms with Gasteiger partial charge in [0.25, 0.3) is 0 Å². The number of aromatic amines is 2. The van der Waals surface area contributed by atoms with Gasteiger partial charge in [-0.15, -0.1) is 0 Å². The number of pyridine rings is 3. The highest BCUT2D eigenvalue weighted by Crippen LogP contribution is 2.32. The molecule has 5 aromatic rings. The lowest BCUT2D eigenvalue weighted by Gasteiger charge is -2.28. The first kappa shape index (κ1) is 23.1. The molecule has 7 rings (SSSR count). The van der Waals surface area contributed by atoms with E-state index in [9.17, 15) is 0 Å². The molecule has 0 spiro atoms. The van der Waals surface area contributed by atoms with Crippen LogP contribution in [0.5, 0.6) is 5.75 Å². The molecule has 0 aliphatic carbocycles. The van der Waals surface area contributed by atoms with Gasteiger partial charge >= 0.3 is 0 Å². The van der Waals surface area contributed by atoms with Crippen LogP contribution in [0, 0.1) is 0 Å². The van der Waals surface area contributed by atoms with E-state index in [1.165, 1.54) is 45.2 Å². The summed E-state index contributed by atoms with van der Waals surface area (Å²) in [5.41, 5.74) is 6.15. The Morgan fingerprint density at radius 3 is 2.61 bits per heavy atom. The Bertz CT molecular complexity index is 1560. The predicted molar refractivity (Wildman–Crippen MR) is 147 cm³/mol. The number of aromatic nitrogens is 7. The number of hydrogen-bond donors (Lipinski definition) is 2. The minimum Gasteiger partial charge on any atom is -0.491 e. The van der Waals surface area contributed by atoms with Gasteiger partial charge in [0.05, 0.1) is 17.3 Å². The van der Waals surface area contributed by atoms with Crippen molar-refractivity contribution in [3.05, 3.63) is 43.0 Å². The second-order valence-corrected chi connectivity index (χ2v) is 10.2. The molecule has 5 aromatic heterocycles. The number of anilines is 1. The molecule has 2 fully saturated rings. The van der Waals surface area contributed by atoms with Crippen LogP contribution in [0.15, 0.2) is 43.0 Å². The van der Waals surface area contributed by atoms with Crippen LogP contribution in [0.4, 0.5) is 5.69 Å². The summed E-state index contributed by atoms with van der Waals surface area (Å²) in [7, 11) is 0. The molecular weight excluding hydrogens is 478 g/mol. The van der Waals surface area contributed by atoms with E-state index in [1.54, 1.807) is 6.20 Å². The minimum atomic E-state index is 0.638. The quantitative estimate of drug-likeness (QED) is 0.332. The van der Waals surface area contributed by atoms with Crippen LogP contribution in [-0.4, -0.2) is 79.3 Å². The van der Waals surface area contributed by atoms with E-state index in [2.05, 4.69) is 52.1 Å². The first-order valence-corrected chi connectivity index (χ1v) is 13.6. The van der Waals surface area contributed by atoms with Gasteiger partial charge in [-0.1, -0.05) is 0 Å². The van der Waals surface area contributed by atoms with E-state index in [1.807, 2.05) is 24.7 Å². The lowest BCUT2D eigenvalue weighted by Crippen LogP contribution is -2.29. The van der Waals surface area contributed by atoms with E-state index in [-0.39, 0.29) is 0 Å². The van der Waals surface area contributed by atoms with Gasteiger partial charge in [-0.05, 0) is 63.4 Å². The molecule has 0 unspecified atom stereocenters. The van der Waals surface area contributed by atoms with Gasteiger partial charge in [-0.3, -0.25) is 15.0 Å². The number of ether oxygens (including phenoxy) is 1. The third kappa shape index (κ3) is 4.45. The van der Waals surface area contributed by atoms with Gasteiger partial charge in [0.1, 0.15) is 23.6 Å². The zero-order valence-electron chi connectivity index (χ0n) is 21.4. The molecule has 0 amide bonds. The van der Waals surface area contributed by atoms with Gasteiger partial charge < -0.3 is 14.6 Å². The van der Waals surface area contributed by atoms with Crippen LogP contribution < -0.4 is 9.64 Å². The third-order valence-electron chi connectivity index (χ3n) is 7.63. The zero-order chi connectivity index (χ0) is 25.3. The average molecular weight is 510 g/mol. The molecule has 194 valence electrons. The highest BCUT2D eigenvalue weighted by atomic mass is 16.5. The van der Waals surface area contributed by atoms with E-state index in [4.69, 9.17) is 9.72 Å². The molecule has 2 aliphatic rings. The van der Waals surface area contributed by atoms with Crippen molar-refractivity contribution in [2.24, 2.45) is 0 Å². The first-order chi connectivity index (χ1) is 18.8. The highest BCUT2D eigenvalue weighted by Gasteiger charge is 2.19. The number of imidazole rings is 1. The molecule has 0 bridgehead atoms. The van der Waals surface area contributed by atoms with Gasteiger partial charge in [0.2, 0.25) is 0 Å². The lowest BCUT2D eigenvalue weighted by molar-refractivity contribution is 0.237. The number of hydrogen-bond acceptors (Lipinski definition) is 8. The van der Waals surface area contributed by atoms with Crippen LogP contribution in [-0.2, 0) is 0 Å². The van der Waals surface area contributed by atoms with Crippen LogP contribution in [0.25, 0.3) is 44.8 Å². The van der Waals surface area contributed by atoms with Crippen molar-refractivity contribution in [2.75, 3.05) is 44.2 Å². The van der Waals surface area contributed by atoms with Gasteiger partial charge in [0, 0.05) is 49.4 Å². The Labute approximate surface area is 220 Å². The van der Waals surface area contributed by atoms with Crippen molar-refractivity contribution in [2.45, 2.75) is 32.1 Å². The molecule has 2 saturated heterocycles. The second-order valence-electron chi connectivity index (χ2n) is 10.2. The van der Waals surface area contributed by atoms with Crippen molar-refractivity contribution < 1.29 is 4.74 Å². The summed E-state index contributed by atoms with van der Waals surface area (Å²) in [5.74, 6) is 1.47. The second kappa shape index (κ2) is 10.0. The van der Waals surface area contributed by atoms with Crippen molar-refractivity contribution in [3.8, 4) is 28.4 Å². The van der Waals surface area contributed by atoms with Crippen molar-refractivity contribution in [1.29, 1.82) is 0 Å². The number of rotatable bonds is 7. The Hall–Kier alpha value is -4.05. The van der Waals surface area contributed by atoms with Crippen molar-refractivity contribution >= 4 is 27.9 Å². The van der Waals surface area contributed by atoms with Gasteiger partial charge in [0.15, 0.2) is 17.1 Å². The fourth-order valence-corrected chi connectivity index (χ4v) is 5.61. The summed E-state index contributed by atoms with van der Waals surface area (Å²) in [6, 6.07) is 6.18. The van der Waals surface area contributed by atoms with Gasteiger partial charge in [-0.2, -0.15) is 5.10 Å². The molecule has 0 aromatic carbocycles. The maximum atomic E-state index is 6.02. The number of likely N-dealkylation sites (tertiary alicyclic amines) is 1. The normalized spacial score (nSPS) is 16.6. The molecule has 38 heavy (non-hydrogen) atoms. The number of fused-ring (bicyclic) bond motifs is 2. The van der Waals surface area contributed by atoms with Gasteiger partial charge in [-0.25, -0.2) is 15.0 Å². The number of nitrogens with zero attached hydrogens (tertiary/aromatic N) is 7. The Morgan fingerprint density at radius 2 is 1.71 bits per heavy atom. The van der Waals surface area contributed by atoms with E-state index in [0.29, 0.717) is 23.7 Å². The standard InChI is InChI=1S/C28H31N9O/c1-2-10-37(11-3-1)23-6-7-30-27-25(23)32-28(33-27)24-22-15-20(17-31-26(22)35-34-24)19-14-21(18-29-16-19)38-13-12-36-8-4-5-9-36/h6-7,14-18H,1-5,8-13H2,(H,30,32,33)(H,31,34,35). The largest absolute Gasteiger partial charge is 0.491 e. The maximum Gasteiger partial charge on any atom is 0.181 e. The number of nitrogens with one attached hydrogen (secondary N) is 2. The summed E-state index contributed by atoms with van der Waals surface area (Å²) in [6.07, 6.45) is 13.6. The van der Waals surface area contributed by atoms with Crippen LogP contribution in [0.1, 0.15) is 32.1 Å². The number of piperidine rings is 1. The van der Waals surface area contributed by atoms with E-state index in [0.717, 1.165) is 58.8 Å². The molecule has 7 heterocycles. The molecule has 10 nitrogen and oxygen atoms in total. The minimum absolute atomic E-state index is 0.638. The molecule has 0 saturated carbocycles. The fourth-order valence-electron chi connectivity index (χ4n) is 5.61. The molecule has 2 N–H and O–H groups in total. The molecular formula is C28H31N9O. The third-order valence-corrected chi connectivity index (χ3v) is 7.63.